The Morgan fingerprint density at radius 3 is 2.76 bits per heavy atom. The van der Waals surface area contributed by atoms with Crippen LogP contribution < -0.4 is 10.1 Å². The summed E-state index contributed by atoms with van der Waals surface area (Å²) in [5.41, 5.74) is 2.18. The van der Waals surface area contributed by atoms with E-state index < -0.39 is 0 Å². The van der Waals surface area contributed by atoms with E-state index >= 15 is 0 Å². The van der Waals surface area contributed by atoms with Crippen molar-refractivity contribution in [1.29, 1.82) is 0 Å². The van der Waals surface area contributed by atoms with E-state index in [1.165, 1.54) is 32.4 Å². The normalized spacial score (nSPS) is 19.6. The monoisotopic (exact) mass is 396 g/mol. The number of fused-ring (bicyclic) bond motifs is 1. The van der Waals surface area contributed by atoms with Gasteiger partial charge in [0.15, 0.2) is 0 Å². The average molecular weight is 397 g/mol. The molecule has 6 nitrogen and oxygen atoms in total. The number of nitrogens with one attached hydrogen (secondary N) is 1. The molecule has 29 heavy (non-hydrogen) atoms. The van der Waals surface area contributed by atoms with Crippen LogP contribution in [0.2, 0.25) is 0 Å². The molecular formula is C23H32N4O2. The van der Waals surface area contributed by atoms with Crippen molar-refractivity contribution in [1.82, 2.24) is 19.8 Å². The summed E-state index contributed by atoms with van der Waals surface area (Å²) in [6, 6.07) is 8.02. The third kappa shape index (κ3) is 4.81. The first-order valence-electron chi connectivity index (χ1n) is 10.9. The van der Waals surface area contributed by atoms with Gasteiger partial charge < -0.3 is 19.5 Å². The van der Waals surface area contributed by atoms with Crippen LogP contribution in [0.15, 0.2) is 30.5 Å². The Labute approximate surface area is 173 Å². The van der Waals surface area contributed by atoms with Crippen LogP contribution in [0.3, 0.4) is 0 Å². The van der Waals surface area contributed by atoms with Crippen LogP contribution in [0, 0.1) is 5.92 Å². The number of methoxy groups -OCH3 is 1. The Morgan fingerprint density at radius 2 is 2.00 bits per heavy atom. The second-order valence-electron chi connectivity index (χ2n) is 8.18. The van der Waals surface area contributed by atoms with Crippen molar-refractivity contribution < 1.29 is 9.53 Å². The van der Waals surface area contributed by atoms with E-state index in [1.807, 2.05) is 30.5 Å². The number of aromatic nitrogens is 2. The van der Waals surface area contributed by atoms with Gasteiger partial charge in [0.1, 0.15) is 11.6 Å². The zero-order chi connectivity index (χ0) is 20.1. The smallest absolute Gasteiger partial charge is 0.224 e. The largest absolute Gasteiger partial charge is 0.497 e. The lowest BCUT2D eigenvalue weighted by Gasteiger charge is -2.27. The number of aryl methyl sites for hydroxylation is 1. The van der Waals surface area contributed by atoms with Gasteiger partial charge in [0.25, 0.3) is 0 Å². The molecule has 156 valence electrons. The highest BCUT2D eigenvalue weighted by atomic mass is 16.5. The summed E-state index contributed by atoms with van der Waals surface area (Å²) in [5, 5.41) is 3.17. The summed E-state index contributed by atoms with van der Waals surface area (Å²) in [7, 11) is 1.67. The number of likely N-dealkylation sites (tertiary alicyclic amines) is 1. The van der Waals surface area contributed by atoms with Crippen molar-refractivity contribution in [2.75, 3.05) is 33.3 Å². The number of piperidine rings is 1. The molecule has 1 atom stereocenters. The van der Waals surface area contributed by atoms with Crippen LogP contribution in [0.5, 0.6) is 5.75 Å². The lowest BCUT2D eigenvalue weighted by Crippen LogP contribution is -2.38. The Balaban J connectivity index is 1.31. The van der Waals surface area contributed by atoms with E-state index in [1.54, 1.807) is 7.11 Å². The van der Waals surface area contributed by atoms with Gasteiger partial charge in [0, 0.05) is 25.1 Å². The molecule has 0 radical (unpaired) electrons. The van der Waals surface area contributed by atoms with E-state index in [0.29, 0.717) is 6.54 Å². The predicted molar refractivity (Wildman–Crippen MR) is 114 cm³/mol. The van der Waals surface area contributed by atoms with Gasteiger partial charge >= 0.3 is 0 Å². The number of hydrogen-bond donors (Lipinski definition) is 1. The third-order valence-electron chi connectivity index (χ3n) is 6.21. The van der Waals surface area contributed by atoms with Crippen molar-refractivity contribution in [2.24, 2.45) is 5.92 Å². The SMILES string of the molecule is COc1ccc(-c2cnc3n2CC(C(=O)NCCCN2CCCCC2)CC3)cc1. The fourth-order valence-electron chi connectivity index (χ4n) is 4.48. The van der Waals surface area contributed by atoms with Gasteiger partial charge in [-0.05, 0) is 69.6 Å². The highest BCUT2D eigenvalue weighted by molar-refractivity contribution is 5.79. The summed E-state index contributed by atoms with van der Waals surface area (Å²) < 4.78 is 7.47. The standard InChI is InChI=1S/C23H32N4O2/c1-29-20-9-6-18(7-10-20)21-16-25-22-11-8-19(17-27(21)22)23(28)24-12-5-15-26-13-3-2-4-14-26/h6-7,9-10,16,19H,2-5,8,11-15,17H2,1H3,(H,24,28). The summed E-state index contributed by atoms with van der Waals surface area (Å²) in [4.78, 5) is 19.9. The van der Waals surface area contributed by atoms with Crippen LogP contribution in [-0.4, -0.2) is 53.6 Å². The van der Waals surface area contributed by atoms with Gasteiger partial charge in [0.05, 0.1) is 24.9 Å². The first-order chi connectivity index (χ1) is 14.2. The van der Waals surface area contributed by atoms with Crippen molar-refractivity contribution in [3.8, 4) is 17.0 Å². The number of amides is 1. The maximum Gasteiger partial charge on any atom is 0.224 e. The Bertz CT molecular complexity index is 809. The molecule has 1 saturated heterocycles. The van der Waals surface area contributed by atoms with E-state index in [-0.39, 0.29) is 11.8 Å². The van der Waals surface area contributed by atoms with Crippen molar-refractivity contribution in [3.63, 3.8) is 0 Å². The number of carbonyl (C=O) groups excluding carboxylic acids is 1. The molecule has 0 aliphatic carbocycles. The minimum Gasteiger partial charge on any atom is -0.497 e. The number of hydrogen-bond acceptors (Lipinski definition) is 4. The second-order valence-corrected chi connectivity index (χ2v) is 8.18. The first-order valence-corrected chi connectivity index (χ1v) is 10.9. The van der Waals surface area contributed by atoms with Gasteiger partial charge in [-0.3, -0.25) is 4.79 Å². The lowest BCUT2D eigenvalue weighted by molar-refractivity contribution is -0.125. The van der Waals surface area contributed by atoms with Crippen LogP contribution >= 0.6 is 0 Å². The minimum atomic E-state index is 0.0173. The van der Waals surface area contributed by atoms with Gasteiger partial charge in [-0.15, -0.1) is 0 Å². The zero-order valence-electron chi connectivity index (χ0n) is 17.4. The molecule has 1 aromatic heterocycles. The van der Waals surface area contributed by atoms with E-state index in [0.717, 1.165) is 55.2 Å². The van der Waals surface area contributed by atoms with E-state index in [9.17, 15) is 4.79 Å². The fourth-order valence-corrected chi connectivity index (χ4v) is 4.48. The fraction of sp³-hybridized carbons (Fsp3) is 0.565. The highest BCUT2D eigenvalue weighted by Gasteiger charge is 2.27. The summed E-state index contributed by atoms with van der Waals surface area (Å²) in [6.07, 6.45) is 8.68. The molecule has 1 amide bonds. The topological polar surface area (TPSA) is 59.4 Å². The summed E-state index contributed by atoms with van der Waals surface area (Å²) >= 11 is 0. The van der Waals surface area contributed by atoms with Crippen molar-refractivity contribution in [3.05, 3.63) is 36.3 Å². The van der Waals surface area contributed by atoms with Gasteiger partial charge in [-0.1, -0.05) is 6.42 Å². The number of rotatable bonds is 7. The summed E-state index contributed by atoms with van der Waals surface area (Å²) in [5.74, 6) is 2.12. The number of nitrogens with zero attached hydrogens (tertiary/aromatic N) is 3. The summed E-state index contributed by atoms with van der Waals surface area (Å²) in [6.45, 7) is 5.00. The molecule has 0 saturated carbocycles. The molecule has 1 N–H and O–H groups in total. The Morgan fingerprint density at radius 1 is 1.21 bits per heavy atom. The molecule has 4 rings (SSSR count). The quantitative estimate of drug-likeness (QED) is 0.731. The zero-order valence-corrected chi connectivity index (χ0v) is 17.4. The molecule has 0 spiro atoms. The molecule has 2 aliphatic rings. The molecule has 2 aliphatic heterocycles. The average Bonchev–Trinajstić information content (AvgIpc) is 3.20. The van der Waals surface area contributed by atoms with E-state index in [2.05, 4.69) is 19.8 Å². The van der Waals surface area contributed by atoms with Crippen molar-refractivity contribution >= 4 is 5.91 Å². The van der Waals surface area contributed by atoms with Gasteiger partial charge in [0.2, 0.25) is 5.91 Å². The molecule has 0 bridgehead atoms. The maximum absolute atomic E-state index is 12.7. The third-order valence-corrected chi connectivity index (χ3v) is 6.21. The number of carbonyl (C=O) groups is 1. The number of benzene rings is 1. The highest BCUT2D eigenvalue weighted by Crippen LogP contribution is 2.28. The molecule has 3 heterocycles. The Kier molecular flexibility index (Phi) is 6.49. The lowest BCUT2D eigenvalue weighted by atomic mass is 9.98. The Hall–Kier alpha value is -2.34. The molecular weight excluding hydrogens is 364 g/mol. The van der Waals surface area contributed by atoms with Crippen molar-refractivity contribution in [2.45, 2.75) is 45.1 Å². The van der Waals surface area contributed by atoms with Crippen LogP contribution in [-0.2, 0) is 17.8 Å². The van der Waals surface area contributed by atoms with Crippen LogP contribution in [0.4, 0.5) is 0 Å². The van der Waals surface area contributed by atoms with Crippen LogP contribution in [0.25, 0.3) is 11.3 Å². The molecule has 1 unspecified atom stereocenters. The molecule has 1 fully saturated rings. The second kappa shape index (κ2) is 9.44. The minimum absolute atomic E-state index is 0.0173. The van der Waals surface area contributed by atoms with Gasteiger partial charge in [-0.2, -0.15) is 0 Å². The number of imidazole rings is 1. The van der Waals surface area contributed by atoms with E-state index in [4.69, 9.17) is 4.74 Å². The first kappa shape index (κ1) is 20.0. The molecule has 2 aromatic rings. The van der Waals surface area contributed by atoms with Crippen LogP contribution in [0.1, 0.15) is 37.9 Å². The van der Waals surface area contributed by atoms with Gasteiger partial charge in [-0.25, -0.2) is 4.98 Å². The number of ether oxygens (including phenoxy) is 1. The maximum atomic E-state index is 12.7. The predicted octanol–water partition coefficient (Wildman–Crippen LogP) is 3.11. The molecule has 1 aromatic carbocycles. The molecule has 6 heteroatoms.